The maximum absolute atomic E-state index is 5.67. The van der Waals surface area contributed by atoms with Crippen molar-refractivity contribution in [1.82, 2.24) is 0 Å². The van der Waals surface area contributed by atoms with Crippen molar-refractivity contribution in [3.63, 3.8) is 0 Å². The van der Waals surface area contributed by atoms with Crippen LogP contribution in [0.25, 0.3) is 0 Å². The Bertz CT molecular complexity index is 215. The highest BCUT2D eigenvalue weighted by atomic mass is 16.5. The van der Waals surface area contributed by atoms with Gasteiger partial charge in [-0.15, -0.1) is 0 Å². The molecule has 74 valence electrons. The normalized spacial score (nSPS) is 28.4. The zero-order valence-electron chi connectivity index (χ0n) is 8.97. The second kappa shape index (κ2) is 4.61. The molecule has 2 atom stereocenters. The highest BCUT2D eigenvalue weighted by molar-refractivity contribution is 5.15. The number of hydrogen-bond acceptors (Lipinski definition) is 1. The van der Waals surface area contributed by atoms with Crippen molar-refractivity contribution in [2.75, 3.05) is 6.61 Å². The second-order valence-electron chi connectivity index (χ2n) is 3.91. The van der Waals surface area contributed by atoms with Crippen LogP contribution in [0.4, 0.5) is 0 Å². The van der Waals surface area contributed by atoms with Gasteiger partial charge in [0, 0.05) is 6.61 Å². The van der Waals surface area contributed by atoms with Gasteiger partial charge in [-0.2, -0.15) is 0 Å². The standard InChI is InChI=1S/C12H20O/c1-5-13-12-8-11(9(2)3)7-6-10(12)4/h6,11-12H,2,5,7-8H2,1,3-4H3. The summed E-state index contributed by atoms with van der Waals surface area (Å²) >= 11 is 0. The topological polar surface area (TPSA) is 9.23 Å². The average molecular weight is 180 g/mol. The van der Waals surface area contributed by atoms with Gasteiger partial charge in [-0.1, -0.05) is 18.2 Å². The number of rotatable bonds is 3. The Morgan fingerprint density at radius 2 is 2.38 bits per heavy atom. The Kier molecular flexibility index (Phi) is 3.73. The molecular formula is C12H20O. The fourth-order valence-electron chi connectivity index (χ4n) is 1.80. The van der Waals surface area contributed by atoms with Crippen LogP contribution in [-0.4, -0.2) is 12.7 Å². The molecule has 0 aliphatic heterocycles. The number of hydrogen-bond donors (Lipinski definition) is 0. The number of ether oxygens (including phenoxy) is 1. The smallest absolute Gasteiger partial charge is 0.0788 e. The summed E-state index contributed by atoms with van der Waals surface area (Å²) in [5, 5.41) is 0. The van der Waals surface area contributed by atoms with Crippen LogP contribution in [0.15, 0.2) is 23.8 Å². The summed E-state index contributed by atoms with van der Waals surface area (Å²) in [6.07, 6.45) is 4.89. The van der Waals surface area contributed by atoms with Crippen molar-refractivity contribution < 1.29 is 4.74 Å². The van der Waals surface area contributed by atoms with Crippen LogP contribution in [0.1, 0.15) is 33.6 Å². The van der Waals surface area contributed by atoms with Crippen molar-refractivity contribution in [2.24, 2.45) is 5.92 Å². The fourth-order valence-corrected chi connectivity index (χ4v) is 1.80. The van der Waals surface area contributed by atoms with E-state index in [-0.39, 0.29) is 0 Å². The Morgan fingerprint density at radius 1 is 1.69 bits per heavy atom. The number of allylic oxidation sites excluding steroid dienone is 2. The Labute approximate surface area is 81.5 Å². The molecule has 13 heavy (non-hydrogen) atoms. The molecule has 0 aromatic carbocycles. The summed E-state index contributed by atoms with van der Waals surface area (Å²) < 4.78 is 5.67. The zero-order chi connectivity index (χ0) is 9.84. The summed E-state index contributed by atoms with van der Waals surface area (Å²) in [7, 11) is 0. The van der Waals surface area contributed by atoms with Crippen LogP contribution < -0.4 is 0 Å². The van der Waals surface area contributed by atoms with E-state index in [1.165, 1.54) is 11.1 Å². The van der Waals surface area contributed by atoms with Gasteiger partial charge in [-0.3, -0.25) is 0 Å². The minimum Gasteiger partial charge on any atom is -0.374 e. The molecule has 0 amide bonds. The van der Waals surface area contributed by atoms with E-state index in [9.17, 15) is 0 Å². The quantitative estimate of drug-likeness (QED) is 0.605. The van der Waals surface area contributed by atoms with E-state index in [2.05, 4.69) is 33.4 Å². The Morgan fingerprint density at radius 3 is 2.92 bits per heavy atom. The average Bonchev–Trinajstić information content (AvgIpc) is 2.08. The van der Waals surface area contributed by atoms with E-state index in [1.54, 1.807) is 0 Å². The van der Waals surface area contributed by atoms with Gasteiger partial charge < -0.3 is 4.74 Å². The Hall–Kier alpha value is -0.560. The van der Waals surface area contributed by atoms with Crippen molar-refractivity contribution >= 4 is 0 Å². The van der Waals surface area contributed by atoms with Crippen LogP contribution >= 0.6 is 0 Å². The van der Waals surface area contributed by atoms with E-state index in [1.807, 2.05) is 0 Å². The van der Waals surface area contributed by atoms with Crippen LogP contribution in [0.5, 0.6) is 0 Å². The molecule has 0 N–H and O–H groups in total. The molecule has 0 saturated heterocycles. The highest BCUT2D eigenvalue weighted by Crippen LogP contribution is 2.29. The summed E-state index contributed by atoms with van der Waals surface area (Å²) in [6, 6.07) is 0. The van der Waals surface area contributed by atoms with Crippen LogP contribution in [-0.2, 0) is 4.74 Å². The van der Waals surface area contributed by atoms with Gasteiger partial charge in [0.15, 0.2) is 0 Å². The van der Waals surface area contributed by atoms with E-state index in [0.29, 0.717) is 12.0 Å². The van der Waals surface area contributed by atoms with Crippen LogP contribution in [0.2, 0.25) is 0 Å². The maximum atomic E-state index is 5.67. The molecule has 1 aliphatic carbocycles. The maximum Gasteiger partial charge on any atom is 0.0788 e. The molecule has 0 radical (unpaired) electrons. The third-order valence-electron chi connectivity index (χ3n) is 2.80. The van der Waals surface area contributed by atoms with E-state index in [4.69, 9.17) is 4.74 Å². The monoisotopic (exact) mass is 180 g/mol. The van der Waals surface area contributed by atoms with Crippen molar-refractivity contribution in [1.29, 1.82) is 0 Å². The third kappa shape index (κ3) is 2.70. The molecule has 0 bridgehead atoms. The molecule has 1 heteroatoms. The zero-order valence-corrected chi connectivity index (χ0v) is 8.97. The first-order valence-corrected chi connectivity index (χ1v) is 5.08. The van der Waals surface area contributed by atoms with Crippen molar-refractivity contribution in [3.05, 3.63) is 23.8 Å². The van der Waals surface area contributed by atoms with Gasteiger partial charge in [-0.25, -0.2) is 0 Å². The first-order valence-electron chi connectivity index (χ1n) is 5.08. The van der Waals surface area contributed by atoms with Crippen LogP contribution in [0.3, 0.4) is 0 Å². The van der Waals surface area contributed by atoms with Crippen LogP contribution in [0, 0.1) is 5.92 Å². The fraction of sp³-hybridized carbons (Fsp3) is 0.667. The summed E-state index contributed by atoms with van der Waals surface area (Å²) in [5.41, 5.74) is 2.67. The predicted molar refractivity (Wildman–Crippen MR) is 56.7 cm³/mol. The lowest BCUT2D eigenvalue weighted by atomic mass is 9.84. The second-order valence-corrected chi connectivity index (χ2v) is 3.91. The summed E-state index contributed by atoms with van der Waals surface area (Å²) in [5.74, 6) is 0.625. The largest absolute Gasteiger partial charge is 0.374 e. The molecule has 1 nitrogen and oxygen atoms in total. The molecule has 0 aromatic rings. The van der Waals surface area contributed by atoms with Gasteiger partial charge in [0.2, 0.25) is 0 Å². The van der Waals surface area contributed by atoms with E-state index < -0.39 is 0 Å². The lowest BCUT2D eigenvalue weighted by Crippen LogP contribution is -2.23. The first-order chi connectivity index (χ1) is 6.15. The highest BCUT2D eigenvalue weighted by Gasteiger charge is 2.22. The molecule has 0 spiro atoms. The molecule has 0 saturated carbocycles. The van der Waals surface area contributed by atoms with Gasteiger partial charge in [0.25, 0.3) is 0 Å². The van der Waals surface area contributed by atoms with E-state index in [0.717, 1.165) is 19.4 Å². The third-order valence-corrected chi connectivity index (χ3v) is 2.80. The molecule has 0 aromatic heterocycles. The molecule has 1 rings (SSSR count). The van der Waals surface area contributed by atoms with Gasteiger partial charge in [0.05, 0.1) is 6.10 Å². The molecule has 2 unspecified atom stereocenters. The molecular weight excluding hydrogens is 160 g/mol. The first kappa shape index (κ1) is 10.5. The molecule has 0 fully saturated rings. The van der Waals surface area contributed by atoms with Crippen molar-refractivity contribution in [3.8, 4) is 0 Å². The SMILES string of the molecule is C=C(C)C1CC=C(C)C(OCC)C1. The lowest BCUT2D eigenvalue weighted by molar-refractivity contribution is 0.0686. The van der Waals surface area contributed by atoms with Gasteiger partial charge in [0.1, 0.15) is 0 Å². The van der Waals surface area contributed by atoms with E-state index >= 15 is 0 Å². The summed E-state index contributed by atoms with van der Waals surface area (Å²) in [4.78, 5) is 0. The molecule has 0 heterocycles. The minimum atomic E-state index is 0.334. The lowest BCUT2D eigenvalue weighted by Gasteiger charge is -2.28. The van der Waals surface area contributed by atoms with Gasteiger partial charge in [-0.05, 0) is 45.1 Å². The van der Waals surface area contributed by atoms with Gasteiger partial charge >= 0.3 is 0 Å². The minimum absolute atomic E-state index is 0.334. The Balaban J connectivity index is 2.60. The molecule has 1 aliphatic rings. The summed E-state index contributed by atoms with van der Waals surface area (Å²) in [6.45, 7) is 11.1. The van der Waals surface area contributed by atoms with Crippen molar-refractivity contribution in [2.45, 2.75) is 39.7 Å². The predicted octanol–water partition coefficient (Wildman–Crippen LogP) is 3.32.